The molecule has 7 atom stereocenters. The Morgan fingerprint density at radius 3 is 1.70 bits per heavy atom. The van der Waals surface area contributed by atoms with Gasteiger partial charge in [-0.15, -0.1) is 5.06 Å². The molecule has 522 valence electrons. The predicted octanol–water partition coefficient (Wildman–Crippen LogP) is 9.41. The van der Waals surface area contributed by atoms with E-state index in [0.29, 0.717) is 54.9 Å². The highest BCUT2D eigenvalue weighted by atomic mass is 35.5. The quantitative estimate of drug-likeness (QED) is 0.00860. The Hall–Kier alpha value is -8.31. The van der Waals surface area contributed by atoms with Crippen molar-refractivity contribution in [1.82, 2.24) is 47.6 Å². The summed E-state index contributed by atoms with van der Waals surface area (Å²) in [4.78, 5) is 146. The van der Waals surface area contributed by atoms with Crippen LogP contribution in [-0.2, 0) is 70.4 Å². The van der Waals surface area contributed by atoms with E-state index in [-0.39, 0.29) is 69.6 Å². The van der Waals surface area contributed by atoms with E-state index in [9.17, 15) is 47.9 Å². The standard InChI is InChI=1S/C72H98ClN9O14/c1-43(2)39-57(67(88)78-56(69(90)96-82-37-18-11-19-38-82)27-16-17-36-74-70(91)93-42-51-21-14-15-26-54(51)73)81-68(89)58(40-44(3)4)80-65(86)55(34-35-60(83)94-52-24-12-10-13-25-52)77-63(84)45(5)75-66(87)59(79-64(85)46(6)76-71(92)95-72(7,8)9)41-50-31-30-49-29-28-47-22-20-23-48-32-33-53(50)62(49)61(47)48/h14-15,20-23,26,28-33,43-46,52,55-59H,10-13,16-19,24-25,27,34-42H2,1-9H3,(H,74,91)(H,75,87)(H,76,92)(H,77,84)(H,78,88)(H,79,85)(H,80,86)(H,81,89)/t45-,46-,55-,56-,57-,58-,59-/m0/s1. The molecule has 1 heterocycles. The van der Waals surface area contributed by atoms with E-state index in [0.717, 1.165) is 70.8 Å². The Labute approximate surface area is 567 Å². The molecule has 7 rings (SSSR count). The molecule has 0 spiro atoms. The molecule has 1 aliphatic carbocycles. The Bertz CT molecular complexity index is 3480. The Kier molecular flexibility index (Phi) is 28.3. The van der Waals surface area contributed by atoms with Crippen LogP contribution in [0.3, 0.4) is 0 Å². The minimum Gasteiger partial charge on any atom is -0.462 e. The number of hydroxylamine groups is 2. The number of ether oxygens (including phenoxy) is 3. The second kappa shape index (κ2) is 36.2. The molecule has 0 aromatic heterocycles. The van der Waals surface area contributed by atoms with Crippen LogP contribution < -0.4 is 42.5 Å². The first kappa shape index (κ1) is 75.1. The molecule has 23 nitrogen and oxygen atoms in total. The van der Waals surface area contributed by atoms with Gasteiger partial charge in [-0.3, -0.25) is 33.6 Å². The number of alkyl carbamates (subject to hydrolysis) is 2. The van der Waals surface area contributed by atoms with Crippen molar-refractivity contribution in [2.24, 2.45) is 11.8 Å². The van der Waals surface area contributed by atoms with E-state index in [1.165, 1.54) is 13.8 Å². The second-order valence-corrected chi connectivity index (χ2v) is 27.6. The lowest BCUT2D eigenvalue weighted by Gasteiger charge is -2.29. The molecule has 2 fully saturated rings. The van der Waals surface area contributed by atoms with Gasteiger partial charge in [0.05, 0.1) is 0 Å². The first-order chi connectivity index (χ1) is 45.7. The van der Waals surface area contributed by atoms with Crippen molar-refractivity contribution < 1.29 is 67.0 Å². The smallest absolute Gasteiger partial charge is 0.408 e. The lowest BCUT2D eigenvalue weighted by molar-refractivity contribution is -0.197. The number of rotatable bonds is 32. The minimum absolute atomic E-state index is 0.0281. The van der Waals surface area contributed by atoms with E-state index in [1.54, 1.807) is 50.1 Å². The maximum atomic E-state index is 14.8. The summed E-state index contributed by atoms with van der Waals surface area (Å²) >= 11 is 6.21. The zero-order valence-corrected chi connectivity index (χ0v) is 57.7. The van der Waals surface area contributed by atoms with Crippen molar-refractivity contribution in [2.75, 3.05) is 19.6 Å². The van der Waals surface area contributed by atoms with E-state index in [2.05, 4.69) is 42.5 Å². The van der Waals surface area contributed by atoms with Crippen molar-refractivity contribution in [1.29, 1.82) is 0 Å². The normalized spacial score (nSPS) is 16.0. The highest BCUT2D eigenvalue weighted by molar-refractivity contribution is 6.31. The summed E-state index contributed by atoms with van der Waals surface area (Å²) in [5.74, 6) is -6.20. The molecule has 8 N–H and O–H groups in total. The van der Waals surface area contributed by atoms with Crippen LogP contribution in [0.5, 0.6) is 0 Å². The van der Waals surface area contributed by atoms with Crippen molar-refractivity contribution in [3.63, 3.8) is 0 Å². The fourth-order valence-electron chi connectivity index (χ4n) is 12.0. The SMILES string of the molecule is CC(C)C[C@H](NC(=O)[C@H](CCC(=O)OC1CCCCC1)NC(=O)[C@H](C)NC(=O)[C@H](Cc1ccc2ccc3cccc4ccc1c2c34)NC(=O)[C@H](C)NC(=O)OC(C)(C)C)C(=O)N[C@@H](CC(C)C)C(=O)N[C@@H](CCCCNC(=O)OCc1ccccc1Cl)C(=O)ON1CCCCC1. The van der Waals surface area contributed by atoms with E-state index in [4.69, 9.17) is 30.6 Å². The monoisotopic (exact) mass is 1350 g/mol. The third-order valence-electron chi connectivity index (χ3n) is 17.0. The Balaban J connectivity index is 1.06. The van der Waals surface area contributed by atoms with Crippen LogP contribution in [0.2, 0.25) is 5.02 Å². The number of benzene rings is 5. The van der Waals surface area contributed by atoms with Crippen LogP contribution in [0.4, 0.5) is 9.59 Å². The van der Waals surface area contributed by atoms with E-state index >= 15 is 0 Å². The molecule has 5 aromatic rings. The van der Waals surface area contributed by atoms with E-state index in [1.807, 2.05) is 82.3 Å². The van der Waals surface area contributed by atoms with Gasteiger partial charge in [0.15, 0.2) is 0 Å². The highest BCUT2D eigenvalue weighted by Gasteiger charge is 2.36. The lowest BCUT2D eigenvalue weighted by atomic mass is 9.90. The van der Waals surface area contributed by atoms with Gasteiger partial charge < -0.3 is 61.6 Å². The summed E-state index contributed by atoms with van der Waals surface area (Å²) in [6.45, 7) is 16.5. The number of unbranched alkanes of at least 4 members (excludes halogenated alkanes) is 1. The molecule has 0 unspecified atom stereocenters. The van der Waals surface area contributed by atoms with E-state index < -0.39 is 107 Å². The molecule has 0 radical (unpaired) electrons. The average Bonchev–Trinajstić information content (AvgIpc) is 0.742. The number of piperidine rings is 1. The van der Waals surface area contributed by atoms with Crippen molar-refractivity contribution in [2.45, 2.75) is 226 Å². The predicted molar refractivity (Wildman–Crippen MR) is 366 cm³/mol. The van der Waals surface area contributed by atoms with Crippen LogP contribution in [0, 0.1) is 11.8 Å². The third-order valence-corrected chi connectivity index (χ3v) is 17.4. The number of esters is 1. The van der Waals surface area contributed by atoms with Crippen molar-refractivity contribution in [3.05, 3.63) is 95.0 Å². The van der Waals surface area contributed by atoms with Crippen LogP contribution in [-0.4, -0.2) is 138 Å². The maximum Gasteiger partial charge on any atom is 0.408 e. The van der Waals surface area contributed by atoms with Gasteiger partial charge in [0, 0.05) is 43.1 Å². The number of hydrogen-bond donors (Lipinski definition) is 8. The number of nitrogens with one attached hydrogen (secondary N) is 8. The fraction of sp³-hybridized carbons (Fsp3) is 0.556. The summed E-state index contributed by atoms with van der Waals surface area (Å²) < 4.78 is 16.5. The minimum atomic E-state index is -1.47. The molecule has 1 saturated carbocycles. The molecule has 2 aliphatic rings. The Morgan fingerprint density at radius 2 is 1.07 bits per heavy atom. The van der Waals surface area contributed by atoms with Crippen molar-refractivity contribution in [3.8, 4) is 0 Å². The van der Waals surface area contributed by atoms with Crippen molar-refractivity contribution >= 4 is 103 Å². The number of nitrogens with zero attached hydrogens (tertiary/aromatic N) is 1. The maximum absolute atomic E-state index is 14.8. The zero-order chi connectivity index (χ0) is 69.6. The Morgan fingerprint density at radius 1 is 0.531 bits per heavy atom. The third kappa shape index (κ3) is 23.2. The van der Waals surface area contributed by atoms with Crippen LogP contribution in [0.15, 0.2) is 78.9 Å². The highest BCUT2D eigenvalue weighted by Crippen LogP contribution is 2.36. The molecule has 5 aromatic carbocycles. The molecule has 1 saturated heterocycles. The first-order valence-corrected chi connectivity index (χ1v) is 34.4. The molecule has 1 aliphatic heterocycles. The second-order valence-electron chi connectivity index (χ2n) is 27.2. The van der Waals surface area contributed by atoms with Crippen LogP contribution >= 0.6 is 11.6 Å². The lowest BCUT2D eigenvalue weighted by Crippen LogP contribution is -2.60. The van der Waals surface area contributed by atoms with Gasteiger partial charge >= 0.3 is 24.1 Å². The van der Waals surface area contributed by atoms with Gasteiger partial charge in [-0.1, -0.05) is 125 Å². The number of carbonyl (C=O) groups is 10. The fourth-order valence-corrected chi connectivity index (χ4v) is 12.2. The molecule has 24 heteroatoms. The van der Waals surface area contributed by atoms with Crippen LogP contribution in [0.1, 0.15) is 170 Å². The number of hydrogen-bond acceptors (Lipinski definition) is 15. The van der Waals surface area contributed by atoms with Gasteiger partial charge in [0.1, 0.15) is 60.6 Å². The molecule has 96 heavy (non-hydrogen) atoms. The topological polar surface area (TPSA) is 307 Å². The summed E-state index contributed by atoms with van der Waals surface area (Å²) in [5.41, 5.74) is 0.489. The van der Waals surface area contributed by atoms with Crippen LogP contribution in [0.25, 0.3) is 32.3 Å². The number of carbonyl (C=O) groups excluding carboxylic acids is 10. The number of amides is 8. The van der Waals surface area contributed by atoms with Gasteiger partial charge in [-0.2, -0.15) is 0 Å². The molecule has 0 bridgehead atoms. The largest absolute Gasteiger partial charge is 0.462 e. The summed E-state index contributed by atoms with van der Waals surface area (Å²) in [6, 6.07) is 15.9. The molecular weight excluding hydrogens is 1250 g/mol. The van der Waals surface area contributed by atoms with Gasteiger partial charge in [-0.25, -0.2) is 14.4 Å². The summed E-state index contributed by atoms with van der Waals surface area (Å²) in [7, 11) is 0. The van der Waals surface area contributed by atoms with Gasteiger partial charge in [-0.05, 0) is 167 Å². The van der Waals surface area contributed by atoms with Gasteiger partial charge in [0.2, 0.25) is 35.4 Å². The van der Waals surface area contributed by atoms with Gasteiger partial charge in [0.25, 0.3) is 0 Å². The summed E-state index contributed by atoms with van der Waals surface area (Å²) in [5, 5.41) is 29.8. The molecule has 8 amide bonds. The average molecular weight is 1350 g/mol. The zero-order valence-electron chi connectivity index (χ0n) is 57.0. The summed E-state index contributed by atoms with van der Waals surface area (Å²) in [6.07, 6.45) is 5.50. The first-order valence-electron chi connectivity index (χ1n) is 34.0. The molecular formula is C72H98ClN9O14. The number of halogens is 1.